The van der Waals surface area contributed by atoms with Crippen LogP contribution in [0.1, 0.15) is 5.56 Å². The fourth-order valence-corrected chi connectivity index (χ4v) is 1.15. The zero-order valence-corrected chi connectivity index (χ0v) is 8.53. The van der Waals surface area contributed by atoms with E-state index < -0.39 is 5.97 Å². The van der Waals surface area contributed by atoms with E-state index in [1.807, 2.05) is 0 Å². The van der Waals surface area contributed by atoms with Gasteiger partial charge in [-0.1, -0.05) is 12.1 Å². The van der Waals surface area contributed by atoms with Crippen LogP contribution in [0.3, 0.4) is 0 Å². The van der Waals surface area contributed by atoms with Gasteiger partial charge in [-0.25, -0.2) is 4.79 Å². The molecule has 0 amide bonds. The molecule has 0 aliphatic carbocycles. The Kier molecular flexibility index (Phi) is 3.28. The van der Waals surface area contributed by atoms with Gasteiger partial charge < -0.3 is 15.2 Å². The van der Waals surface area contributed by atoms with E-state index in [0.717, 1.165) is 0 Å². The van der Waals surface area contributed by atoms with Gasteiger partial charge in [0.05, 0.1) is 19.9 Å². The van der Waals surface area contributed by atoms with Crippen molar-refractivity contribution in [2.24, 2.45) is 0 Å². The van der Waals surface area contributed by atoms with Crippen molar-refractivity contribution in [3.8, 4) is 5.75 Å². The summed E-state index contributed by atoms with van der Waals surface area (Å²) < 4.78 is 9.41. The van der Waals surface area contributed by atoms with Gasteiger partial charge in [-0.3, -0.25) is 5.41 Å². The molecule has 5 heteroatoms. The number of esters is 1. The number of carbonyl (C=O) groups excluding carboxylic acids is 1. The number of hydrogen-bond donors (Lipinski definition) is 2. The number of benzene rings is 1. The van der Waals surface area contributed by atoms with E-state index in [4.69, 9.17) is 15.9 Å². The van der Waals surface area contributed by atoms with Crippen LogP contribution in [-0.4, -0.2) is 25.9 Å². The summed E-state index contributed by atoms with van der Waals surface area (Å²) in [6.45, 7) is 0. The van der Waals surface area contributed by atoms with E-state index in [2.05, 4.69) is 4.74 Å². The predicted octanol–water partition coefficient (Wildman–Crippen LogP) is 0.818. The van der Waals surface area contributed by atoms with Crippen molar-refractivity contribution >= 4 is 17.4 Å². The third-order valence-electron chi connectivity index (χ3n) is 1.94. The Balaban J connectivity index is 3.15. The molecule has 0 aliphatic heterocycles. The molecule has 0 fully saturated rings. The van der Waals surface area contributed by atoms with Crippen molar-refractivity contribution < 1.29 is 14.3 Å². The minimum absolute atomic E-state index is 0.260. The second-order valence-electron chi connectivity index (χ2n) is 2.79. The Labute approximate surface area is 87.3 Å². The molecule has 0 spiro atoms. The van der Waals surface area contributed by atoms with Gasteiger partial charge >= 0.3 is 5.97 Å². The number of nitrogen functional groups attached to an aromatic ring is 1. The number of rotatable bonds is 3. The summed E-state index contributed by atoms with van der Waals surface area (Å²) >= 11 is 0. The zero-order valence-electron chi connectivity index (χ0n) is 8.53. The normalized spacial score (nSPS) is 9.47. The minimum atomic E-state index is -0.727. The number of nitrogens with one attached hydrogen (secondary N) is 1. The summed E-state index contributed by atoms with van der Waals surface area (Å²) in [4.78, 5) is 11.1. The van der Waals surface area contributed by atoms with Crippen LogP contribution >= 0.6 is 0 Å². The quantitative estimate of drug-likeness (QED) is 0.437. The molecule has 3 N–H and O–H groups in total. The lowest BCUT2D eigenvalue weighted by atomic mass is 10.1. The molecule has 0 radical (unpaired) electrons. The van der Waals surface area contributed by atoms with Gasteiger partial charge in [0.1, 0.15) is 11.5 Å². The monoisotopic (exact) mass is 208 g/mol. The highest BCUT2D eigenvalue weighted by molar-refractivity contribution is 6.43. The maximum absolute atomic E-state index is 11.1. The van der Waals surface area contributed by atoms with Gasteiger partial charge in [-0.05, 0) is 6.07 Å². The molecule has 0 aromatic heterocycles. The van der Waals surface area contributed by atoms with E-state index in [0.29, 0.717) is 11.3 Å². The van der Waals surface area contributed by atoms with Crippen LogP contribution in [0, 0.1) is 5.41 Å². The highest BCUT2D eigenvalue weighted by atomic mass is 16.5. The summed E-state index contributed by atoms with van der Waals surface area (Å²) in [5.74, 6) is -0.295. The molecule has 1 rings (SSSR count). The molecule has 1 aromatic carbocycles. The van der Waals surface area contributed by atoms with Gasteiger partial charge in [0.25, 0.3) is 0 Å². The van der Waals surface area contributed by atoms with Crippen molar-refractivity contribution in [1.82, 2.24) is 0 Å². The largest absolute Gasteiger partial charge is 0.495 e. The molecule has 0 saturated carbocycles. The summed E-state index contributed by atoms with van der Waals surface area (Å²) in [5, 5.41) is 7.54. The average molecular weight is 208 g/mol. The first kappa shape index (κ1) is 11.0. The number of ether oxygens (including phenoxy) is 2. The van der Waals surface area contributed by atoms with E-state index in [1.165, 1.54) is 14.2 Å². The summed E-state index contributed by atoms with van der Waals surface area (Å²) in [6, 6.07) is 4.88. The van der Waals surface area contributed by atoms with E-state index in [9.17, 15) is 4.79 Å². The summed E-state index contributed by atoms with van der Waals surface area (Å²) in [5.41, 5.74) is 6.00. The molecule has 0 atom stereocenters. The fourth-order valence-electron chi connectivity index (χ4n) is 1.15. The lowest BCUT2D eigenvalue weighted by Crippen LogP contribution is -2.17. The molecule has 5 nitrogen and oxygen atoms in total. The highest BCUT2D eigenvalue weighted by Gasteiger charge is 2.16. The maximum atomic E-state index is 11.1. The molecular formula is C10H12N2O3. The second kappa shape index (κ2) is 4.45. The molecule has 80 valence electrons. The number of methoxy groups -OCH3 is 2. The van der Waals surface area contributed by atoms with Crippen LogP contribution in [0.2, 0.25) is 0 Å². The Morgan fingerprint density at radius 3 is 2.60 bits per heavy atom. The summed E-state index contributed by atoms with van der Waals surface area (Å²) in [6.07, 6.45) is 0. The number of nitrogens with two attached hydrogens (primary N) is 1. The number of hydrogen-bond acceptors (Lipinski definition) is 5. The third-order valence-corrected chi connectivity index (χ3v) is 1.94. The second-order valence-corrected chi connectivity index (χ2v) is 2.79. The van der Waals surface area contributed by atoms with Crippen LogP contribution in [0.5, 0.6) is 5.75 Å². The molecule has 15 heavy (non-hydrogen) atoms. The van der Waals surface area contributed by atoms with Crippen LogP contribution < -0.4 is 10.5 Å². The first-order valence-electron chi connectivity index (χ1n) is 4.21. The van der Waals surface area contributed by atoms with Gasteiger partial charge in [-0.2, -0.15) is 0 Å². The Bertz CT molecular complexity index is 402. The van der Waals surface area contributed by atoms with E-state index in [1.54, 1.807) is 18.2 Å². The molecule has 0 saturated heterocycles. The van der Waals surface area contributed by atoms with Crippen molar-refractivity contribution in [3.05, 3.63) is 23.8 Å². The SMILES string of the molecule is COC(=O)C(=N)c1cccc(OC)c1N. The molecule has 0 unspecified atom stereocenters. The van der Waals surface area contributed by atoms with Gasteiger partial charge in [0.2, 0.25) is 0 Å². The Morgan fingerprint density at radius 1 is 1.40 bits per heavy atom. The lowest BCUT2D eigenvalue weighted by Gasteiger charge is -2.09. The van der Waals surface area contributed by atoms with Crippen LogP contribution in [0.25, 0.3) is 0 Å². The average Bonchev–Trinajstić information content (AvgIpc) is 2.27. The molecule has 0 bridgehead atoms. The fraction of sp³-hybridized carbons (Fsp3) is 0.200. The van der Waals surface area contributed by atoms with Crippen molar-refractivity contribution in [2.75, 3.05) is 20.0 Å². The summed E-state index contributed by atoms with van der Waals surface area (Å²) in [7, 11) is 2.68. The topological polar surface area (TPSA) is 85.4 Å². The van der Waals surface area contributed by atoms with Gasteiger partial charge in [0.15, 0.2) is 0 Å². The standard InChI is InChI=1S/C10H12N2O3/c1-14-7-5-3-4-6(8(7)11)9(12)10(13)15-2/h3-5,12H,11H2,1-2H3. The predicted molar refractivity (Wildman–Crippen MR) is 56.3 cm³/mol. The third kappa shape index (κ3) is 2.07. The molecule has 0 aliphatic rings. The van der Waals surface area contributed by atoms with Crippen molar-refractivity contribution in [1.29, 1.82) is 5.41 Å². The lowest BCUT2D eigenvalue weighted by molar-refractivity contribution is -0.132. The minimum Gasteiger partial charge on any atom is -0.495 e. The zero-order chi connectivity index (χ0) is 11.4. The first-order valence-corrected chi connectivity index (χ1v) is 4.21. The van der Waals surface area contributed by atoms with Crippen LogP contribution in [-0.2, 0) is 9.53 Å². The van der Waals surface area contributed by atoms with Crippen molar-refractivity contribution in [3.63, 3.8) is 0 Å². The molecular weight excluding hydrogens is 196 g/mol. The maximum Gasteiger partial charge on any atom is 0.356 e. The highest BCUT2D eigenvalue weighted by Crippen LogP contribution is 2.25. The molecule has 1 aromatic rings. The van der Waals surface area contributed by atoms with E-state index in [-0.39, 0.29) is 11.4 Å². The van der Waals surface area contributed by atoms with Crippen LogP contribution in [0.4, 0.5) is 5.69 Å². The van der Waals surface area contributed by atoms with Crippen LogP contribution in [0.15, 0.2) is 18.2 Å². The number of para-hydroxylation sites is 1. The Morgan fingerprint density at radius 2 is 2.07 bits per heavy atom. The smallest absolute Gasteiger partial charge is 0.356 e. The Hall–Kier alpha value is -2.04. The number of anilines is 1. The molecule has 0 heterocycles. The van der Waals surface area contributed by atoms with Crippen molar-refractivity contribution in [2.45, 2.75) is 0 Å². The number of carbonyl (C=O) groups is 1. The van der Waals surface area contributed by atoms with Gasteiger partial charge in [-0.15, -0.1) is 0 Å². The van der Waals surface area contributed by atoms with E-state index >= 15 is 0 Å². The van der Waals surface area contributed by atoms with Gasteiger partial charge in [0, 0.05) is 5.56 Å². The first-order chi connectivity index (χ1) is 7.11.